The predicted molar refractivity (Wildman–Crippen MR) is 76.2 cm³/mol. The van der Waals surface area contributed by atoms with Crippen LogP contribution in [-0.2, 0) is 4.79 Å². The van der Waals surface area contributed by atoms with Gasteiger partial charge >= 0.3 is 5.97 Å². The molecule has 4 heteroatoms. The van der Waals surface area contributed by atoms with Crippen molar-refractivity contribution in [3.8, 4) is 0 Å². The van der Waals surface area contributed by atoms with Gasteiger partial charge in [0.05, 0.1) is 12.1 Å². The van der Waals surface area contributed by atoms with E-state index in [1.807, 2.05) is 31.1 Å². The van der Waals surface area contributed by atoms with Gasteiger partial charge in [0.2, 0.25) is 0 Å². The highest BCUT2D eigenvalue weighted by Crippen LogP contribution is 2.45. The van der Waals surface area contributed by atoms with Gasteiger partial charge in [0, 0.05) is 18.6 Å². The lowest BCUT2D eigenvalue weighted by atomic mass is 9.90. The fourth-order valence-electron chi connectivity index (χ4n) is 2.35. The summed E-state index contributed by atoms with van der Waals surface area (Å²) in [6, 6.07) is 6.17. The van der Waals surface area contributed by atoms with Crippen LogP contribution < -0.4 is 4.90 Å². The van der Waals surface area contributed by atoms with E-state index in [4.69, 9.17) is 5.11 Å². The van der Waals surface area contributed by atoms with Crippen molar-refractivity contribution in [2.75, 3.05) is 19.0 Å². The Balaban J connectivity index is 2.29. The zero-order chi connectivity index (χ0) is 13.3. The molecule has 0 heterocycles. The molecule has 0 aromatic heterocycles. The van der Waals surface area contributed by atoms with Gasteiger partial charge in [0.25, 0.3) is 0 Å². The Morgan fingerprint density at radius 3 is 2.67 bits per heavy atom. The summed E-state index contributed by atoms with van der Waals surface area (Å²) in [6.07, 6.45) is 2.55. The Morgan fingerprint density at radius 1 is 1.50 bits per heavy atom. The SMILES string of the molecule is CN(C)c1cc(C(CC(=O)O)C2CC2)ccc1Br. The van der Waals surface area contributed by atoms with Crippen molar-refractivity contribution in [1.82, 2.24) is 0 Å². The lowest BCUT2D eigenvalue weighted by molar-refractivity contribution is -0.137. The molecule has 1 unspecified atom stereocenters. The Hall–Kier alpha value is -1.03. The van der Waals surface area contributed by atoms with Gasteiger partial charge in [0.15, 0.2) is 0 Å². The summed E-state index contributed by atoms with van der Waals surface area (Å²) in [5.74, 6) is 0.00723. The molecule has 98 valence electrons. The third-order valence-corrected chi connectivity index (χ3v) is 4.14. The average Bonchev–Trinajstić information content (AvgIpc) is 3.10. The molecule has 1 aromatic carbocycles. The number of anilines is 1. The number of carboxylic acids is 1. The van der Waals surface area contributed by atoms with Gasteiger partial charge in [-0.3, -0.25) is 4.79 Å². The first-order valence-corrected chi connectivity index (χ1v) is 6.97. The van der Waals surface area contributed by atoms with E-state index in [2.05, 4.69) is 22.0 Å². The summed E-state index contributed by atoms with van der Waals surface area (Å²) in [5.41, 5.74) is 2.25. The van der Waals surface area contributed by atoms with E-state index < -0.39 is 5.97 Å². The lowest BCUT2D eigenvalue weighted by Crippen LogP contribution is -2.12. The van der Waals surface area contributed by atoms with Gasteiger partial charge in [0.1, 0.15) is 0 Å². The van der Waals surface area contributed by atoms with Crippen LogP contribution in [0.2, 0.25) is 0 Å². The molecular weight excluding hydrogens is 294 g/mol. The molecule has 1 aliphatic rings. The van der Waals surface area contributed by atoms with Crippen molar-refractivity contribution in [3.63, 3.8) is 0 Å². The highest BCUT2D eigenvalue weighted by Gasteiger charge is 2.33. The third kappa shape index (κ3) is 3.05. The number of rotatable bonds is 5. The topological polar surface area (TPSA) is 40.5 Å². The van der Waals surface area contributed by atoms with E-state index in [0.717, 1.165) is 28.6 Å². The maximum Gasteiger partial charge on any atom is 0.303 e. The second-order valence-electron chi connectivity index (χ2n) is 5.15. The molecule has 0 saturated heterocycles. The fraction of sp³-hybridized carbons (Fsp3) is 0.500. The van der Waals surface area contributed by atoms with Gasteiger partial charge in [-0.1, -0.05) is 6.07 Å². The maximum absolute atomic E-state index is 11.0. The molecule has 18 heavy (non-hydrogen) atoms. The minimum Gasteiger partial charge on any atom is -0.481 e. The second-order valence-corrected chi connectivity index (χ2v) is 6.00. The van der Waals surface area contributed by atoms with E-state index in [0.29, 0.717) is 5.92 Å². The van der Waals surface area contributed by atoms with Crippen molar-refractivity contribution in [2.24, 2.45) is 5.92 Å². The molecule has 1 atom stereocenters. The zero-order valence-corrected chi connectivity index (χ0v) is 12.3. The summed E-state index contributed by atoms with van der Waals surface area (Å²) in [4.78, 5) is 13.0. The molecule has 0 spiro atoms. The van der Waals surface area contributed by atoms with E-state index in [1.165, 1.54) is 0 Å². The van der Waals surface area contributed by atoms with Gasteiger partial charge < -0.3 is 10.0 Å². The molecule has 1 aromatic rings. The standard InChI is InChI=1S/C14H18BrNO2/c1-16(2)13-7-10(5-6-12(13)15)11(8-14(17)18)9-3-4-9/h5-7,9,11H,3-4,8H2,1-2H3,(H,17,18). The van der Waals surface area contributed by atoms with Crippen molar-refractivity contribution < 1.29 is 9.90 Å². The first-order valence-electron chi connectivity index (χ1n) is 6.17. The summed E-state index contributed by atoms with van der Waals surface area (Å²) in [7, 11) is 3.99. The van der Waals surface area contributed by atoms with Crippen LogP contribution in [0.15, 0.2) is 22.7 Å². The number of benzene rings is 1. The number of aliphatic carboxylic acids is 1. The third-order valence-electron chi connectivity index (χ3n) is 3.47. The number of hydrogen-bond acceptors (Lipinski definition) is 2. The van der Waals surface area contributed by atoms with Gasteiger partial charge in [-0.25, -0.2) is 0 Å². The van der Waals surface area contributed by atoms with Crippen molar-refractivity contribution >= 4 is 27.6 Å². The van der Waals surface area contributed by atoms with Crippen LogP contribution in [0.4, 0.5) is 5.69 Å². The summed E-state index contributed by atoms with van der Waals surface area (Å²) >= 11 is 3.53. The fourth-order valence-corrected chi connectivity index (χ4v) is 2.95. The van der Waals surface area contributed by atoms with Crippen molar-refractivity contribution in [3.05, 3.63) is 28.2 Å². The number of hydrogen-bond donors (Lipinski definition) is 1. The van der Waals surface area contributed by atoms with Crippen molar-refractivity contribution in [2.45, 2.75) is 25.2 Å². The van der Waals surface area contributed by atoms with Crippen LogP contribution >= 0.6 is 15.9 Å². The van der Waals surface area contributed by atoms with Crippen molar-refractivity contribution in [1.29, 1.82) is 0 Å². The smallest absolute Gasteiger partial charge is 0.303 e. The second kappa shape index (κ2) is 5.31. The van der Waals surface area contributed by atoms with Gasteiger partial charge in [-0.2, -0.15) is 0 Å². The molecule has 0 aliphatic heterocycles. The Morgan fingerprint density at radius 2 is 2.17 bits per heavy atom. The Labute approximate surface area is 116 Å². The van der Waals surface area contributed by atoms with E-state index in [1.54, 1.807) is 0 Å². The van der Waals surface area contributed by atoms with E-state index >= 15 is 0 Å². The Bertz CT molecular complexity index is 455. The average molecular weight is 312 g/mol. The Kier molecular flexibility index (Phi) is 3.95. The van der Waals surface area contributed by atoms with Crippen LogP contribution in [0.25, 0.3) is 0 Å². The first kappa shape index (κ1) is 13.4. The van der Waals surface area contributed by atoms with Gasteiger partial charge in [-0.05, 0) is 58.3 Å². The van der Waals surface area contributed by atoms with Crippen LogP contribution in [0.5, 0.6) is 0 Å². The van der Waals surface area contributed by atoms with Gasteiger partial charge in [-0.15, -0.1) is 0 Å². The number of halogens is 1. The largest absolute Gasteiger partial charge is 0.481 e. The maximum atomic E-state index is 11.0. The quantitative estimate of drug-likeness (QED) is 0.905. The number of carbonyl (C=O) groups is 1. The molecule has 0 amide bonds. The monoisotopic (exact) mass is 311 g/mol. The molecular formula is C14H18BrNO2. The minimum atomic E-state index is -0.707. The summed E-state index contributed by atoms with van der Waals surface area (Å²) < 4.78 is 1.04. The highest BCUT2D eigenvalue weighted by atomic mass is 79.9. The predicted octanol–water partition coefficient (Wildman–Crippen LogP) is 3.48. The van der Waals surface area contributed by atoms with E-state index in [9.17, 15) is 4.79 Å². The lowest BCUT2D eigenvalue weighted by Gasteiger charge is -2.20. The summed E-state index contributed by atoms with van der Waals surface area (Å²) in [5, 5.41) is 9.04. The molecule has 1 aliphatic carbocycles. The molecule has 1 saturated carbocycles. The molecule has 1 fully saturated rings. The van der Waals surface area contributed by atoms with Crippen LogP contribution in [0.1, 0.15) is 30.7 Å². The first-order chi connectivity index (χ1) is 8.49. The minimum absolute atomic E-state index is 0.161. The molecule has 3 nitrogen and oxygen atoms in total. The van der Waals surface area contributed by atoms with E-state index in [-0.39, 0.29) is 12.3 Å². The molecule has 0 radical (unpaired) electrons. The van der Waals surface area contributed by atoms with Crippen LogP contribution in [0.3, 0.4) is 0 Å². The molecule has 1 N–H and O–H groups in total. The highest BCUT2D eigenvalue weighted by molar-refractivity contribution is 9.10. The number of nitrogens with zero attached hydrogens (tertiary/aromatic N) is 1. The number of carboxylic acid groups (broad SMARTS) is 1. The zero-order valence-electron chi connectivity index (χ0n) is 10.7. The van der Waals surface area contributed by atoms with Crippen LogP contribution in [0, 0.1) is 5.92 Å². The summed E-state index contributed by atoms with van der Waals surface area (Å²) in [6.45, 7) is 0. The molecule has 0 bridgehead atoms. The molecule has 2 rings (SSSR count). The van der Waals surface area contributed by atoms with Crippen LogP contribution in [-0.4, -0.2) is 25.2 Å². The normalized spacial score (nSPS) is 16.4.